The first-order valence-corrected chi connectivity index (χ1v) is 5.67. The number of halogens is 1. The molecule has 2 nitrogen and oxygen atoms in total. The highest BCUT2D eigenvalue weighted by Gasteiger charge is 1.97. The van der Waals surface area contributed by atoms with Gasteiger partial charge in [0.15, 0.2) is 0 Å². The normalized spacial score (nSPS) is 11.4. The van der Waals surface area contributed by atoms with E-state index in [1.807, 2.05) is 42.5 Å². The average molecular weight is 276 g/mol. The molecule has 0 saturated heterocycles. The highest BCUT2D eigenvalue weighted by Crippen LogP contribution is 2.15. The van der Waals surface area contributed by atoms with Crippen molar-refractivity contribution in [1.82, 2.24) is 4.57 Å². The van der Waals surface area contributed by atoms with Crippen LogP contribution < -0.4 is 5.56 Å². The van der Waals surface area contributed by atoms with Gasteiger partial charge in [0.25, 0.3) is 5.56 Å². The second kappa shape index (κ2) is 4.94. The smallest absolute Gasteiger partial charge is 0.255 e. The molecule has 1 aromatic carbocycles. The standard InChI is InChI=1S/C13H10BrNO/c14-12(10-11-6-2-1-3-7-11)15-9-5-4-8-13(15)16/h1-10H/b12-10-. The van der Waals surface area contributed by atoms with Crippen LogP contribution in [0.25, 0.3) is 10.7 Å². The molecule has 2 aromatic rings. The summed E-state index contributed by atoms with van der Waals surface area (Å²) in [6.45, 7) is 0. The summed E-state index contributed by atoms with van der Waals surface area (Å²) >= 11 is 3.40. The predicted molar refractivity (Wildman–Crippen MR) is 70.2 cm³/mol. The largest absolute Gasteiger partial charge is 0.278 e. The van der Waals surface area contributed by atoms with Crippen LogP contribution in [0.3, 0.4) is 0 Å². The van der Waals surface area contributed by atoms with Gasteiger partial charge in [-0.25, -0.2) is 0 Å². The van der Waals surface area contributed by atoms with Crippen LogP contribution in [-0.2, 0) is 0 Å². The third-order valence-corrected chi connectivity index (χ3v) is 2.75. The molecule has 0 aliphatic heterocycles. The molecule has 0 atom stereocenters. The predicted octanol–water partition coefficient (Wildman–Crippen LogP) is 3.20. The minimum absolute atomic E-state index is 0.0541. The Labute approximate surface area is 102 Å². The Kier molecular flexibility index (Phi) is 3.37. The Morgan fingerprint density at radius 2 is 1.75 bits per heavy atom. The van der Waals surface area contributed by atoms with E-state index in [1.165, 1.54) is 6.07 Å². The van der Waals surface area contributed by atoms with Crippen molar-refractivity contribution in [2.45, 2.75) is 0 Å². The van der Waals surface area contributed by atoms with Gasteiger partial charge in [-0.1, -0.05) is 36.4 Å². The van der Waals surface area contributed by atoms with Gasteiger partial charge in [0.05, 0.1) is 4.61 Å². The number of hydrogen-bond acceptors (Lipinski definition) is 1. The van der Waals surface area contributed by atoms with Crippen molar-refractivity contribution >= 4 is 26.6 Å². The first-order chi connectivity index (χ1) is 7.77. The second-order valence-corrected chi connectivity index (χ2v) is 4.10. The molecule has 16 heavy (non-hydrogen) atoms. The van der Waals surface area contributed by atoms with E-state index in [9.17, 15) is 4.79 Å². The lowest BCUT2D eigenvalue weighted by atomic mass is 10.2. The Morgan fingerprint density at radius 3 is 2.44 bits per heavy atom. The molecule has 1 heterocycles. The van der Waals surface area contributed by atoms with E-state index in [-0.39, 0.29) is 5.56 Å². The maximum atomic E-state index is 11.5. The summed E-state index contributed by atoms with van der Waals surface area (Å²) in [6.07, 6.45) is 3.63. The van der Waals surface area contributed by atoms with E-state index in [2.05, 4.69) is 15.9 Å². The van der Waals surface area contributed by atoms with E-state index in [1.54, 1.807) is 16.8 Å². The quantitative estimate of drug-likeness (QED) is 0.825. The molecule has 0 bridgehead atoms. The van der Waals surface area contributed by atoms with E-state index in [4.69, 9.17) is 0 Å². The maximum absolute atomic E-state index is 11.5. The highest BCUT2D eigenvalue weighted by molar-refractivity contribution is 9.15. The number of nitrogens with zero attached hydrogens (tertiary/aromatic N) is 1. The molecule has 0 spiro atoms. The zero-order valence-corrected chi connectivity index (χ0v) is 10.1. The van der Waals surface area contributed by atoms with Gasteiger partial charge >= 0.3 is 0 Å². The van der Waals surface area contributed by atoms with Crippen LogP contribution in [0.15, 0.2) is 59.5 Å². The van der Waals surface area contributed by atoms with Gasteiger partial charge in [-0.15, -0.1) is 0 Å². The summed E-state index contributed by atoms with van der Waals surface area (Å²) < 4.78 is 2.27. The minimum atomic E-state index is -0.0541. The molecule has 1 aromatic heterocycles. The van der Waals surface area contributed by atoms with Crippen molar-refractivity contribution in [2.75, 3.05) is 0 Å². The molecule has 0 amide bonds. The monoisotopic (exact) mass is 275 g/mol. The lowest BCUT2D eigenvalue weighted by molar-refractivity contribution is 1.05. The summed E-state index contributed by atoms with van der Waals surface area (Å²) in [7, 11) is 0. The van der Waals surface area contributed by atoms with Crippen molar-refractivity contribution in [3.05, 3.63) is 70.6 Å². The molecular weight excluding hydrogens is 266 g/mol. The van der Waals surface area contributed by atoms with Gasteiger partial charge in [0.2, 0.25) is 0 Å². The van der Waals surface area contributed by atoms with Crippen molar-refractivity contribution in [2.24, 2.45) is 0 Å². The van der Waals surface area contributed by atoms with Gasteiger partial charge in [-0.3, -0.25) is 9.36 Å². The van der Waals surface area contributed by atoms with Gasteiger partial charge < -0.3 is 0 Å². The molecule has 80 valence electrons. The topological polar surface area (TPSA) is 22.0 Å². The van der Waals surface area contributed by atoms with Crippen LogP contribution in [-0.4, -0.2) is 4.57 Å². The Hall–Kier alpha value is -1.61. The molecule has 0 saturated carbocycles. The summed E-state index contributed by atoms with van der Waals surface area (Å²) in [5.41, 5.74) is 0.992. The Balaban J connectivity index is 2.40. The van der Waals surface area contributed by atoms with E-state index >= 15 is 0 Å². The molecule has 3 heteroatoms. The van der Waals surface area contributed by atoms with Crippen LogP contribution in [0.4, 0.5) is 0 Å². The highest BCUT2D eigenvalue weighted by atomic mass is 79.9. The number of rotatable bonds is 2. The molecule has 2 rings (SSSR count). The van der Waals surface area contributed by atoms with Crippen molar-refractivity contribution < 1.29 is 0 Å². The molecule has 0 aliphatic carbocycles. The first kappa shape index (κ1) is 10.9. The summed E-state index contributed by atoms with van der Waals surface area (Å²) in [5.74, 6) is 0. The zero-order valence-electron chi connectivity index (χ0n) is 8.51. The van der Waals surface area contributed by atoms with Crippen LogP contribution in [0.5, 0.6) is 0 Å². The van der Waals surface area contributed by atoms with Crippen LogP contribution >= 0.6 is 15.9 Å². The summed E-state index contributed by atoms with van der Waals surface area (Å²) in [4.78, 5) is 11.5. The summed E-state index contributed by atoms with van der Waals surface area (Å²) in [6, 6.07) is 14.9. The molecule has 0 aliphatic rings. The van der Waals surface area contributed by atoms with Crippen LogP contribution in [0.1, 0.15) is 5.56 Å². The Morgan fingerprint density at radius 1 is 1.06 bits per heavy atom. The number of aromatic nitrogens is 1. The van der Waals surface area contributed by atoms with Crippen LogP contribution in [0.2, 0.25) is 0 Å². The summed E-state index contributed by atoms with van der Waals surface area (Å²) in [5, 5.41) is 0. The molecular formula is C13H10BrNO. The fraction of sp³-hybridized carbons (Fsp3) is 0. The molecule has 0 N–H and O–H groups in total. The van der Waals surface area contributed by atoms with Gasteiger partial charge in [0.1, 0.15) is 0 Å². The lowest BCUT2D eigenvalue weighted by Gasteiger charge is -2.02. The van der Waals surface area contributed by atoms with E-state index in [0.29, 0.717) is 0 Å². The van der Waals surface area contributed by atoms with Crippen molar-refractivity contribution in [3.8, 4) is 0 Å². The molecule has 0 radical (unpaired) electrons. The lowest BCUT2D eigenvalue weighted by Crippen LogP contribution is -2.14. The van der Waals surface area contributed by atoms with Crippen molar-refractivity contribution in [1.29, 1.82) is 0 Å². The third-order valence-electron chi connectivity index (χ3n) is 2.14. The third kappa shape index (κ3) is 2.49. The van der Waals surface area contributed by atoms with E-state index in [0.717, 1.165) is 10.2 Å². The zero-order chi connectivity index (χ0) is 11.4. The number of benzene rings is 1. The number of pyridine rings is 1. The van der Waals surface area contributed by atoms with Crippen LogP contribution in [0, 0.1) is 0 Å². The van der Waals surface area contributed by atoms with Gasteiger partial charge in [0, 0.05) is 12.3 Å². The maximum Gasteiger partial charge on any atom is 0.255 e. The fourth-order valence-corrected chi connectivity index (χ4v) is 1.92. The minimum Gasteiger partial charge on any atom is -0.278 e. The number of hydrogen-bond donors (Lipinski definition) is 0. The second-order valence-electron chi connectivity index (χ2n) is 3.29. The Bertz CT molecular complexity index is 557. The van der Waals surface area contributed by atoms with Crippen molar-refractivity contribution in [3.63, 3.8) is 0 Å². The SMILES string of the molecule is O=c1ccccn1/C(Br)=C\c1ccccc1. The van der Waals surface area contributed by atoms with Gasteiger partial charge in [-0.2, -0.15) is 0 Å². The fourth-order valence-electron chi connectivity index (χ4n) is 1.36. The first-order valence-electron chi connectivity index (χ1n) is 4.88. The van der Waals surface area contributed by atoms with Gasteiger partial charge in [-0.05, 0) is 33.6 Å². The average Bonchev–Trinajstić information content (AvgIpc) is 2.31. The molecule has 0 unspecified atom stereocenters. The van der Waals surface area contributed by atoms with E-state index < -0.39 is 0 Å². The molecule has 0 fully saturated rings.